The van der Waals surface area contributed by atoms with Crippen LogP contribution in [0.1, 0.15) is 0 Å². The van der Waals surface area contributed by atoms with Gasteiger partial charge in [0.05, 0.1) is 0 Å². The van der Waals surface area contributed by atoms with Gasteiger partial charge in [0.25, 0.3) is 0 Å². The van der Waals surface area contributed by atoms with Crippen LogP contribution in [0.15, 0.2) is 0 Å². The monoisotopic (exact) mass is 345 g/mol. The zero-order chi connectivity index (χ0) is 7.58. The quantitative estimate of drug-likeness (QED) is 0.626. The van der Waals surface area contributed by atoms with Gasteiger partial charge in [-0.2, -0.15) is 0 Å². The minimum absolute atomic E-state index is 0. The standard InChI is InChI=1S/CH2O3.CH3.Co.2K.Mo.S.H/c2-1(3)4;;;;;;;/h(H2,2,3,4);1H3;;;;;;. The van der Waals surface area contributed by atoms with Crippen molar-refractivity contribution >= 4 is 116 Å². The number of carbonyl (C=O) groups is 1. The fraction of sp³-hybridized carbons (Fsp3) is 0.500. The van der Waals surface area contributed by atoms with Gasteiger partial charge < -0.3 is 10.2 Å². The van der Waals surface area contributed by atoms with Crippen molar-refractivity contribution in [2.45, 2.75) is 1.02 Å². The predicted octanol–water partition coefficient (Wildman–Crippen LogP) is 0.420. The van der Waals surface area contributed by atoms with Gasteiger partial charge in [0.2, 0.25) is 0 Å². The van der Waals surface area contributed by atoms with Gasteiger partial charge in [0.1, 0.15) is 0 Å². The van der Waals surface area contributed by atoms with Crippen LogP contribution in [-0.4, -0.2) is 117 Å². The maximum absolute atomic E-state index is 8.56. The molecule has 0 aromatic carbocycles. The van der Waals surface area contributed by atoms with Crippen molar-refractivity contribution in [3.8, 4) is 0 Å². The van der Waals surface area contributed by atoms with Crippen LogP contribution in [0.3, 0.4) is 0 Å². The molecule has 0 unspecified atom stereocenters. The first kappa shape index (κ1) is 29.2. The molecule has 0 amide bonds. The molecule has 0 fully saturated rings. The molecule has 0 aromatic heterocycles. The fourth-order valence-corrected chi connectivity index (χ4v) is 0. The van der Waals surface area contributed by atoms with E-state index in [2.05, 4.69) is 10.8 Å². The van der Waals surface area contributed by atoms with E-state index in [1.807, 2.05) is 0 Å². The predicted molar refractivity (Wildman–Crippen MR) is 37.0 cm³/mol. The Bertz CT molecular complexity index is 55.8. The second-order valence-corrected chi connectivity index (χ2v) is 0.283. The van der Waals surface area contributed by atoms with E-state index >= 15 is 0 Å². The topological polar surface area (TPSA) is 57.5 Å². The molecule has 3 nitrogen and oxygen atoms in total. The summed E-state index contributed by atoms with van der Waals surface area (Å²) in [5.74, 6) is 0. The molecule has 0 aromatic rings. The number of carboxylic acid groups (broad SMARTS) is 2. The number of hydrogen-bond acceptors (Lipinski definition) is 2. The molecule has 0 bridgehead atoms. The van der Waals surface area contributed by atoms with Crippen LogP contribution in [0.2, 0.25) is 1.02 Å². The molecule has 0 saturated heterocycles. The van der Waals surface area contributed by atoms with E-state index in [9.17, 15) is 0 Å². The van der Waals surface area contributed by atoms with Gasteiger partial charge in [-0.25, -0.2) is 4.79 Å². The van der Waals surface area contributed by atoms with E-state index in [4.69, 9.17) is 15.0 Å². The fourth-order valence-electron chi connectivity index (χ4n) is 0. The van der Waals surface area contributed by atoms with Gasteiger partial charge in [0, 0.05) is 16.8 Å². The Morgan fingerprint density at radius 2 is 1.40 bits per heavy atom. The van der Waals surface area contributed by atoms with Crippen molar-refractivity contribution in [2.24, 2.45) is 0 Å². The maximum atomic E-state index is 8.56. The SMILES string of the molecule is O=C(O)O.[CH3][K].[Co].[KH].[S]=[Mo]. The Labute approximate surface area is 162 Å². The van der Waals surface area contributed by atoms with Crippen LogP contribution < -0.4 is 0 Å². The Kier molecular flexibility index (Phi) is 112. The van der Waals surface area contributed by atoms with Gasteiger partial charge in [-0.1, -0.05) is 0 Å². The van der Waals surface area contributed by atoms with Crippen molar-refractivity contribution in [2.75, 3.05) is 0 Å². The summed E-state index contributed by atoms with van der Waals surface area (Å²) in [7, 11) is 4.09. The molecular weight excluding hydrogens is 337 g/mol. The average molecular weight is 343 g/mol. The molecule has 10 heavy (non-hydrogen) atoms. The summed E-state index contributed by atoms with van der Waals surface area (Å²) < 4.78 is 2.19. The third-order valence-corrected chi connectivity index (χ3v) is 0. The van der Waals surface area contributed by atoms with Crippen molar-refractivity contribution < 1.29 is 49.8 Å². The molecule has 2 N–H and O–H groups in total. The van der Waals surface area contributed by atoms with E-state index in [-0.39, 0.29) is 68.2 Å². The van der Waals surface area contributed by atoms with E-state index in [1.54, 1.807) is 0 Å². The molecule has 0 spiro atoms. The normalized spacial score (nSPS) is 3.50. The molecule has 0 rings (SSSR count). The van der Waals surface area contributed by atoms with E-state index in [1.165, 1.54) is 18.0 Å². The first-order valence-electron chi connectivity index (χ1n) is 1.82. The van der Waals surface area contributed by atoms with E-state index in [0.717, 1.165) is 49.0 Å². The zero-order valence-electron chi connectivity index (χ0n) is 4.95. The number of hydrogen-bond donors (Lipinski definition) is 2. The summed E-state index contributed by atoms with van der Waals surface area (Å²) in [5, 5.41) is 13.9. The van der Waals surface area contributed by atoms with Gasteiger partial charge in [0.15, 0.2) is 0 Å². The summed E-state index contributed by atoms with van der Waals surface area (Å²) in [6.07, 6.45) is -1.83. The van der Waals surface area contributed by atoms with Crippen molar-refractivity contribution in [3.63, 3.8) is 0 Å². The van der Waals surface area contributed by atoms with Crippen LogP contribution in [0.25, 0.3) is 0 Å². The average Bonchev–Trinajstić information content (AvgIpc) is 1.75. The van der Waals surface area contributed by atoms with Gasteiger partial charge in [-0.05, 0) is 0 Å². The van der Waals surface area contributed by atoms with Crippen LogP contribution in [0.4, 0.5) is 4.79 Å². The Hall–Kier alpha value is 3.96. The number of rotatable bonds is 0. The Morgan fingerprint density at radius 1 is 1.40 bits per heavy atom. The van der Waals surface area contributed by atoms with Gasteiger partial charge >= 0.3 is 135 Å². The third-order valence-electron chi connectivity index (χ3n) is 0. The van der Waals surface area contributed by atoms with Gasteiger partial charge in [-0.15, -0.1) is 0 Å². The van der Waals surface area contributed by atoms with Crippen molar-refractivity contribution in [3.05, 3.63) is 0 Å². The first-order valence-corrected chi connectivity index (χ1v) is 7.73. The van der Waals surface area contributed by atoms with Gasteiger partial charge in [-0.3, -0.25) is 0 Å². The summed E-state index contributed by atoms with van der Waals surface area (Å²) >= 11 is 2.60. The van der Waals surface area contributed by atoms with Crippen molar-refractivity contribution in [1.82, 2.24) is 0 Å². The molecule has 55 valence electrons. The minimum atomic E-state index is -1.83. The van der Waals surface area contributed by atoms with E-state index < -0.39 is 6.16 Å². The second kappa shape index (κ2) is 38.3. The Balaban J connectivity index is -0.0000000125. The molecule has 0 atom stereocenters. The van der Waals surface area contributed by atoms with E-state index in [0.29, 0.717) is 0 Å². The molecule has 0 heterocycles. The Morgan fingerprint density at radius 3 is 1.40 bits per heavy atom. The summed E-state index contributed by atoms with van der Waals surface area (Å²) in [6.45, 7) is 0. The summed E-state index contributed by atoms with van der Waals surface area (Å²) in [4.78, 5) is 8.56. The zero-order valence-corrected chi connectivity index (χ0v) is 11.9. The van der Waals surface area contributed by atoms with Crippen LogP contribution in [-0.2, 0) is 34.8 Å². The van der Waals surface area contributed by atoms with Crippen LogP contribution in [0.5, 0.6) is 0 Å². The molecule has 0 saturated carbocycles. The molecule has 8 heteroatoms. The van der Waals surface area contributed by atoms with Crippen molar-refractivity contribution in [1.29, 1.82) is 0 Å². The molecule has 0 aliphatic rings. The second-order valence-electron chi connectivity index (χ2n) is 0.283. The summed E-state index contributed by atoms with van der Waals surface area (Å²) in [5.41, 5.74) is 0. The third kappa shape index (κ3) is 91.7. The van der Waals surface area contributed by atoms with Crippen LogP contribution >= 0.6 is 9.82 Å². The molecule has 0 aliphatic heterocycles. The summed E-state index contributed by atoms with van der Waals surface area (Å²) in [6, 6.07) is 0. The molecule has 1 radical (unpaired) electrons. The first-order chi connectivity index (χ1) is 3.73. The molecular formula is C2H6CoK2MoO3S. The van der Waals surface area contributed by atoms with Crippen LogP contribution in [0, 0.1) is 0 Å². The molecule has 0 aliphatic carbocycles.